The maximum Gasteiger partial charge on any atom is 0.336 e. The zero-order chi connectivity index (χ0) is 19.6. The number of ether oxygens (including phenoxy) is 1. The Labute approximate surface area is 160 Å². The molecule has 0 aliphatic rings. The summed E-state index contributed by atoms with van der Waals surface area (Å²) < 4.78 is 5.68. The molecule has 1 N–H and O–H groups in total. The molecule has 0 atom stereocenters. The number of carbonyl (C=O) groups is 2. The second-order valence-electron chi connectivity index (χ2n) is 6.54. The van der Waals surface area contributed by atoms with Crippen LogP contribution in [0.4, 0.5) is 0 Å². The maximum atomic E-state index is 12.9. The second kappa shape index (κ2) is 10.5. The predicted octanol–water partition coefficient (Wildman–Crippen LogP) is 4.15. The molecular weight excluding hydrogens is 342 g/mol. The van der Waals surface area contributed by atoms with Crippen molar-refractivity contribution in [1.29, 1.82) is 0 Å². The van der Waals surface area contributed by atoms with Crippen molar-refractivity contribution in [3.8, 4) is 0 Å². The number of carboxylic acids is 1. The Balaban J connectivity index is 1.94. The molecule has 5 heteroatoms. The number of benzene rings is 2. The van der Waals surface area contributed by atoms with Gasteiger partial charge in [-0.05, 0) is 37.5 Å². The molecular formula is C22H27NO4. The Hall–Kier alpha value is -2.66. The lowest BCUT2D eigenvalue weighted by Gasteiger charge is -2.23. The summed E-state index contributed by atoms with van der Waals surface area (Å²) in [5.74, 6) is -1.32. The minimum atomic E-state index is -1.08. The second-order valence-corrected chi connectivity index (χ2v) is 6.54. The highest BCUT2D eigenvalue weighted by molar-refractivity contribution is 6.04. The first kappa shape index (κ1) is 20.6. The van der Waals surface area contributed by atoms with Gasteiger partial charge in [-0.2, -0.15) is 0 Å². The van der Waals surface area contributed by atoms with Crippen LogP contribution in [-0.2, 0) is 11.3 Å². The zero-order valence-electron chi connectivity index (χ0n) is 16.0. The number of amides is 1. The van der Waals surface area contributed by atoms with Gasteiger partial charge < -0.3 is 14.7 Å². The lowest BCUT2D eigenvalue weighted by Crippen LogP contribution is -2.34. The van der Waals surface area contributed by atoms with Gasteiger partial charge in [-0.1, -0.05) is 48.9 Å². The van der Waals surface area contributed by atoms with Crippen LogP contribution in [0.25, 0.3) is 0 Å². The predicted molar refractivity (Wildman–Crippen MR) is 105 cm³/mol. The average molecular weight is 369 g/mol. The molecule has 2 aromatic rings. The van der Waals surface area contributed by atoms with Crippen LogP contribution in [0, 0.1) is 6.92 Å². The first-order chi connectivity index (χ1) is 13.0. The fourth-order valence-electron chi connectivity index (χ4n) is 2.90. The van der Waals surface area contributed by atoms with Gasteiger partial charge in [-0.15, -0.1) is 0 Å². The van der Waals surface area contributed by atoms with Gasteiger partial charge >= 0.3 is 5.97 Å². The molecule has 0 aliphatic carbocycles. The topological polar surface area (TPSA) is 66.8 Å². The van der Waals surface area contributed by atoms with Crippen molar-refractivity contribution in [3.63, 3.8) is 0 Å². The number of aryl methyl sites for hydroxylation is 1. The van der Waals surface area contributed by atoms with Crippen LogP contribution < -0.4 is 0 Å². The zero-order valence-corrected chi connectivity index (χ0v) is 16.0. The first-order valence-corrected chi connectivity index (χ1v) is 9.27. The average Bonchev–Trinajstić information content (AvgIpc) is 2.67. The summed E-state index contributed by atoms with van der Waals surface area (Å²) in [4.78, 5) is 26.1. The van der Waals surface area contributed by atoms with Crippen LogP contribution in [0.1, 0.15) is 51.6 Å². The molecule has 2 aromatic carbocycles. The summed E-state index contributed by atoms with van der Waals surface area (Å²) in [6, 6.07) is 14.9. The monoisotopic (exact) mass is 369 g/mol. The van der Waals surface area contributed by atoms with E-state index < -0.39 is 5.97 Å². The molecule has 27 heavy (non-hydrogen) atoms. The smallest absolute Gasteiger partial charge is 0.336 e. The fraction of sp³-hybridized carbons (Fsp3) is 0.364. The van der Waals surface area contributed by atoms with Crippen LogP contribution >= 0.6 is 0 Å². The summed E-state index contributed by atoms with van der Waals surface area (Å²) in [5.41, 5.74) is 2.23. The molecule has 0 unspecified atom stereocenters. The molecule has 0 aromatic heterocycles. The van der Waals surface area contributed by atoms with Gasteiger partial charge in [0.25, 0.3) is 5.91 Å². The van der Waals surface area contributed by atoms with Gasteiger partial charge in [0.1, 0.15) is 0 Å². The number of hydrogen-bond acceptors (Lipinski definition) is 3. The van der Waals surface area contributed by atoms with Crippen molar-refractivity contribution in [2.75, 3.05) is 19.7 Å². The fourth-order valence-corrected chi connectivity index (χ4v) is 2.90. The van der Waals surface area contributed by atoms with Crippen molar-refractivity contribution in [2.45, 2.75) is 33.3 Å². The summed E-state index contributed by atoms with van der Waals surface area (Å²) in [6.07, 6.45) is 1.51. The highest BCUT2D eigenvalue weighted by atomic mass is 16.5. The van der Waals surface area contributed by atoms with Gasteiger partial charge in [0, 0.05) is 19.7 Å². The van der Waals surface area contributed by atoms with Gasteiger partial charge in [0.2, 0.25) is 0 Å². The van der Waals surface area contributed by atoms with E-state index in [-0.39, 0.29) is 17.0 Å². The minimum absolute atomic E-state index is 0.0569. The van der Waals surface area contributed by atoms with E-state index in [1.165, 1.54) is 0 Å². The van der Waals surface area contributed by atoms with Crippen molar-refractivity contribution in [3.05, 3.63) is 70.8 Å². The Morgan fingerprint density at radius 1 is 1.04 bits per heavy atom. The van der Waals surface area contributed by atoms with Crippen LogP contribution in [0.3, 0.4) is 0 Å². The van der Waals surface area contributed by atoms with Crippen molar-refractivity contribution >= 4 is 11.9 Å². The number of rotatable bonds is 10. The highest BCUT2D eigenvalue weighted by Crippen LogP contribution is 2.15. The summed E-state index contributed by atoms with van der Waals surface area (Å²) in [5, 5.41) is 9.41. The molecule has 0 spiro atoms. The highest BCUT2D eigenvalue weighted by Gasteiger charge is 2.21. The Morgan fingerprint density at radius 3 is 2.44 bits per heavy atom. The quantitative estimate of drug-likeness (QED) is 0.639. The van der Waals surface area contributed by atoms with Gasteiger partial charge in [0.15, 0.2) is 0 Å². The van der Waals surface area contributed by atoms with Gasteiger partial charge in [0.05, 0.1) is 17.7 Å². The number of aromatic carboxylic acids is 1. The summed E-state index contributed by atoms with van der Waals surface area (Å²) in [7, 11) is 0. The van der Waals surface area contributed by atoms with E-state index in [0.717, 1.165) is 17.5 Å². The first-order valence-electron chi connectivity index (χ1n) is 9.27. The molecule has 5 nitrogen and oxygen atoms in total. The molecule has 1 amide bonds. The van der Waals surface area contributed by atoms with Crippen molar-refractivity contribution in [2.24, 2.45) is 0 Å². The summed E-state index contributed by atoms with van der Waals surface area (Å²) >= 11 is 0. The number of carboxylic acid groups (broad SMARTS) is 1. The third-order valence-electron chi connectivity index (χ3n) is 4.24. The van der Waals surface area contributed by atoms with E-state index in [2.05, 4.69) is 0 Å². The van der Waals surface area contributed by atoms with E-state index in [1.807, 2.05) is 44.2 Å². The summed E-state index contributed by atoms with van der Waals surface area (Å²) in [6.45, 7) is 6.03. The normalized spacial score (nSPS) is 10.6. The largest absolute Gasteiger partial charge is 0.478 e. The lowest BCUT2D eigenvalue weighted by molar-refractivity contribution is 0.0661. The minimum Gasteiger partial charge on any atom is -0.478 e. The SMILES string of the molecule is CCCN(CCCOCc1ccccc1)C(=O)c1ccc(C)cc1C(=O)O. The molecule has 0 aliphatic heterocycles. The third-order valence-corrected chi connectivity index (χ3v) is 4.24. The van der Waals surface area contributed by atoms with E-state index in [4.69, 9.17) is 4.74 Å². The Morgan fingerprint density at radius 2 is 1.78 bits per heavy atom. The molecule has 0 radical (unpaired) electrons. The molecule has 0 saturated carbocycles. The molecule has 2 rings (SSSR count). The van der Waals surface area contributed by atoms with E-state index in [9.17, 15) is 14.7 Å². The third kappa shape index (κ3) is 6.22. The Kier molecular flexibility index (Phi) is 8.01. The Bertz CT molecular complexity index is 758. The number of nitrogens with zero attached hydrogens (tertiary/aromatic N) is 1. The van der Waals surface area contributed by atoms with Gasteiger partial charge in [-0.25, -0.2) is 4.79 Å². The molecule has 0 heterocycles. The molecule has 0 fully saturated rings. The van der Waals surface area contributed by atoms with E-state index >= 15 is 0 Å². The van der Waals surface area contributed by atoms with Crippen LogP contribution in [0.2, 0.25) is 0 Å². The van der Waals surface area contributed by atoms with Crippen molar-refractivity contribution < 1.29 is 19.4 Å². The molecule has 0 bridgehead atoms. The van der Waals surface area contributed by atoms with Crippen LogP contribution in [-0.4, -0.2) is 41.6 Å². The molecule has 0 saturated heterocycles. The van der Waals surface area contributed by atoms with E-state index in [0.29, 0.717) is 32.7 Å². The van der Waals surface area contributed by atoms with Crippen LogP contribution in [0.5, 0.6) is 0 Å². The van der Waals surface area contributed by atoms with Gasteiger partial charge in [-0.3, -0.25) is 4.79 Å². The number of carbonyl (C=O) groups excluding carboxylic acids is 1. The van der Waals surface area contributed by atoms with Crippen LogP contribution in [0.15, 0.2) is 48.5 Å². The number of hydrogen-bond donors (Lipinski definition) is 1. The van der Waals surface area contributed by atoms with Crippen molar-refractivity contribution in [1.82, 2.24) is 4.90 Å². The van der Waals surface area contributed by atoms with E-state index in [1.54, 1.807) is 23.1 Å². The standard InChI is InChI=1S/C22H27NO4/c1-3-12-23(13-7-14-27-16-18-8-5-4-6-9-18)21(24)19-11-10-17(2)15-20(19)22(25)26/h4-6,8-11,15H,3,7,12-14,16H2,1-2H3,(H,25,26). The lowest BCUT2D eigenvalue weighted by atomic mass is 10.0. The maximum absolute atomic E-state index is 12.9. The molecule has 144 valence electrons.